The summed E-state index contributed by atoms with van der Waals surface area (Å²) in [6.07, 6.45) is 5.88. The monoisotopic (exact) mass is 463 g/mol. The number of fused-ring (bicyclic) bond motifs is 1. The number of benzene rings is 2. The van der Waals surface area contributed by atoms with Crippen molar-refractivity contribution < 1.29 is 24.5 Å². The third kappa shape index (κ3) is 5.30. The molecule has 8 heteroatoms. The minimum Gasteiger partial charge on any atom is -0.497 e. The van der Waals surface area contributed by atoms with Crippen LogP contribution in [0, 0.1) is 0 Å². The molecule has 0 radical (unpaired) electrons. The van der Waals surface area contributed by atoms with E-state index in [1.54, 1.807) is 36.1 Å². The van der Waals surface area contributed by atoms with Crippen molar-refractivity contribution in [2.45, 2.75) is 12.6 Å². The quantitative estimate of drug-likeness (QED) is 0.503. The Kier molecular flexibility index (Phi) is 7.30. The Hall–Kier alpha value is -3.62. The van der Waals surface area contributed by atoms with Gasteiger partial charge in [0.25, 0.3) is 0 Å². The molecule has 178 valence electrons. The van der Waals surface area contributed by atoms with E-state index in [2.05, 4.69) is 29.2 Å². The van der Waals surface area contributed by atoms with Gasteiger partial charge in [0.05, 0.1) is 7.11 Å². The van der Waals surface area contributed by atoms with Gasteiger partial charge in [-0.3, -0.25) is 19.4 Å². The summed E-state index contributed by atoms with van der Waals surface area (Å²) in [5.74, 6) is -1.33. The fraction of sp³-hybridized carbons (Fsp3) is 0.308. The van der Waals surface area contributed by atoms with Crippen molar-refractivity contribution in [3.05, 3.63) is 71.9 Å². The number of ether oxygens (including phenoxy) is 1. The van der Waals surface area contributed by atoms with Crippen LogP contribution in [0.1, 0.15) is 17.2 Å². The minimum atomic E-state index is -0.983. The Morgan fingerprint density at radius 1 is 1.06 bits per heavy atom. The van der Waals surface area contributed by atoms with Crippen molar-refractivity contribution in [2.24, 2.45) is 0 Å². The third-order valence-corrected chi connectivity index (χ3v) is 6.20. The van der Waals surface area contributed by atoms with E-state index in [0.29, 0.717) is 35.3 Å². The van der Waals surface area contributed by atoms with Crippen molar-refractivity contribution in [3.8, 4) is 5.75 Å². The number of methoxy groups -OCH3 is 1. The van der Waals surface area contributed by atoms with Crippen LogP contribution in [0.25, 0.3) is 17.0 Å². The van der Waals surface area contributed by atoms with Gasteiger partial charge in [-0.15, -0.1) is 0 Å². The summed E-state index contributed by atoms with van der Waals surface area (Å²) < 4.78 is 6.93. The van der Waals surface area contributed by atoms with E-state index in [0.717, 1.165) is 25.2 Å². The van der Waals surface area contributed by atoms with E-state index in [9.17, 15) is 19.8 Å². The smallest absolute Gasteiger partial charge is 0.325 e. The molecule has 0 aliphatic carbocycles. The van der Waals surface area contributed by atoms with Gasteiger partial charge in [-0.1, -0.05) is 42.5 Å². The molecule has 8 nitrogen and oxygen atoms in total. The zero-order valence-electron chi connectivity index (χ0n) is 19.1. The predicted octanol–water partition coefficient (Wildman–Crippen LogP) is 3.19. The molecule has 1 aliphatic heterocycles. The average molecular weight is 464 g/mol. The molecule has 2 N–H and O–H groups in total. The molecular formula is C26H29N3O5. The van der Waals surface area contributed by atoms with Gasteiger partial charge in [-0.25, -0.2) is 0 Å². The maximum Gasteiger partial charge on any atom is 0.325 e. The van der Waals surface area contributed by atoms with Gasteiger partial charge in [-0.2, -0.15) is 0 Å². The second kappa shape index (κ2) is 10.5. The van der Waals surface area contributed by atoms with Gasteiger partial charge in [-0.05, 0) is 23.8 Å². The largest absolute Gasteiger partial charge is 0.497 e. The topological polar surface area (TPSA) is 95.2 Å². The molecular weight excluding hydrogens is 434 g/mol. The molecule has 2 heterocycles. The molecule has 1 atom stereocenters. The van der Waals surface area contributed by atoms with Gasteiger partial charge in [0, 0.05) is 55.4 Å². The summed E-state index contributed by atoms with van der Waals surface area (Å²) in [5.41, 5.74) is 2.41. The van der Waals surface area contributed by atoms with Crippen molar-refractivity contribution >= 4 is 28.9 Å². The molecule has 0 saturated carbocycles. The Balaban J connectivity index is 1.52. The van der Waals surface area contributed by atoms with Crippen LogP contribution in [0.5, 0.6) is 5.75 Å². The molecule has 0 bridgehead atoms. The fourth-order valence-corrected chi connectivity index (χ4v) is 4.52. The number of hydrogen-bond acceptors (Lipinski definition) is 5. The highest BCUT2D eigenvalue weighted by molar-refractivity contribution is 5.91. The van der Waals surface area contributed by atoms with Crippen molar-refractivity contribution in [1.29, 1.82) is 0 Å². The summed E-state index contributed by atoms with van der Waals surface area (Å²) in [6, 6.07) is 14.6. The maximum absolute atomic E-state index is 12.4. The normalized spacial score (nSPS) is 16.1. The van der Waals surface area contributed by atoms with Crippen molar-refractivity contribution in [1.82, 2.24) is 14.4 Å². The molecule has 1 unspecified atom stereocenters. The highest BCUT2D eigenvalue weighted by Crippen LogP contribution is 2.33. The minimum absolute atomic E-state index is 0.239. The van der Waals surface area contributed by atoms with E-state index < -0.39 is 18.0 Å². The van der Waals surface area contributed by atoms with Gasteiger partial charge in [0.2, 0.25) is 0 Å². The number of carboxylic acid groups (broad SMARTS) is 2. The number of aromatic nitrogens is 1. The summed E-state index contributed by atoms with van der Waals surface area (Å²) in [5, 5.41) is 20.2. The Bertz CT molecular complexity index is 1180. The Labute approximate surface area is 198 Å². The van der Waals surface area contributed by atoms with Crippen molar-refractivity contribution in [3.63, 3.8) is 0 Å². The van der Waals surface area contributed by atoms with Crippen LogP contribution in [0.4, 0.5) is 0 Å². The second-order valence-corrected chi connectivity index (χ2v) is 8.38. The molecule has 3 aromatic rings. The first-order valence-corrected chi connectivity index (χ1v) is 11.3. The van der Waals surface area contributed by atoms with E-state index in [1.165, 1.54) is 0 Å². The third-order valence-electron chi connectivity index (χ3n) is 6.20. The first-order valence-electron chi connectivity index (χ1n) is 11.3. The van der Waals surface area contributed by atoms with Crippen LogP contribution in [0.2, 0.25) is 0 Å². The van der Waals surface area contributed by atoms with Gasteiger partial charge in [0.1, 0.15) is 18.3 Å². The van der Waals surface area contributed by atoms with Gasteiger partial charge in [0.15, 0.2) is 0 Å². The standard InChI is InChI=1S/C26H29N3O5/c1-34-20-9-10-23-21(16-20)22(17-29(23)18-24(30)31)25(26(32)33)28-14-12-27(13-15-28)11-5-8-19-6-3-2-4-7-19/h2-10,16-17,25H,11-15,18H2,1H3,(H,30,31)(H,32,33). The Morgan fingerprint density at radius 3 is 2.44 bits per heavy atom. The fourth-order valence-electron chi connectivity index (χ4n) is 4.52. The van der Waals surface area contributed by atoms with Gasteiger partial charge < -0.3 is 19.5 Å². The van der Waals surface area contributed by atoms with Crippen LogP contribution in [-0.4, -0.2) is 76.4 Å². The SMILES string of the molecule is COc1ccc2c(c1)c(C(C(=O)O)N1CCN(CC=Cc3ccccc3)CC1)cn2CC(=O)O. The number of hydrogen-bond donors (Lipinski definition) is 2. The predicted molar refractivity (Wildman–Crippen MR) is 130 cm³/mol. The first kappa shape index (κ1) is 23.5. The molecule has 34 heavy (non-hydrogen) atoms. The number of nitrogens with zero attached hydrogens (tertiary/aromatic N) is 3. The van der Waals surface area contributed by atoms with E-state index >= 15 is 0 Å². The lowest BCUT2D eigenvalue weighted by Crippen LogP contribution is -2.49. The molecule has 0 amide bonds. The zero-order chi connectivity index (χ0) is 24.1. The molecule has 4 rings (SSSR count). The lowest BCUT2D eigenvalue weighted by Gasteiger charge is -2.37. The van der Waals surface area contributed by atoms with E-state index in [-0.39, 0.29) is 6.54 Å². The summed E-state index contributed by atoms with van der Waals surface area (Å²) in [6.45, 7) is 3.27. The maximum atomic E-state index is 12.4. The molecule has 1 saturated heterocycles. The number of aliphatic carboxylic acids is 2. The van der Waals surface area contributed by atoms with Gasteiger partial charge >= 0.3 is 11.9 Å². The highest BCUT2D eigenvalue weighted by atomic mass is 16.5. The number of carbonyl (C=O) groups is 2. The molecule has 0 spiro atoms. The number of carboxylic acids is 2. The van der Waals surface area contributed by atoms with Crippen LogP contribution in [0.15, 0.2) is 60.8 Å². The van der Waals surface area contributed by atoms with Crippen LogP contribution < -0.4 is 4.74 Å². The Morgan fingerprint density at radius 2 is 1.79 bits per heavy atom. The first-order chi connectivity index (χ1) is 16.5. The zero-order valence-corrected chi connectivity index (χ0v) is 19.1. The molecule has 1 fully saturated rings. The number of rotatable bonds is 9. The van der Waals surface area contributed by atoms with Crippen LogP contribution >= 0.6 is 0 Å². The molecule has 1 aromatic heterocycles. The summed E-state index contributed by atoms with van der Waals surface area (Å²) >= 11 is 0. The molecule has 1 aliphatic rings. The average Bonchev–Trinajstić information content (AvgIpc) is 3.17. The van der Waals surface area contributed by atoms with E-state index in [4.69, 9.17) is 4.74 Å². The summed E-state index contributed by atoms with van der Waals surface area (Å²) in [7, 11) is 1.55. The second-order valence-electron chi connectivity index (χ2n) is 8.38. The molecule has 2 aromatic carbocycles. The van der Waals surface area contributed by atoms with Crippen LogP contribution in [0.3, 0.4) is 0 Å². The van der Waals surface area contributed by atoms with Crippen LogP contribution in [-0.2, 0) is 16.1 Å². The van der Waals surface area contributed by atoms with E-state index in [1.807, 2.05) is 23.1 Å². The lowest BCUT2D eigenvalue weighted by molar-refractivity contribution is -0.144. The summed E-state index contributed by atoms with van der Waals surface area (Å²) in [4.78, 5) is 28.1. The van der Waals surface area contributed by atoms with Crippen molar-refractivity contribution in [2.75, 3.05) is 39.8 Å². The highest BCUT2D eigenvalue weighted by Gasteiger charge is 2.33. The number of piperazine rings is 1. The lowest BCUT2D eigenvalue weighted by atomic mass is 10.0.